The maximum atomic E-state index is 14.1. The number of hydrogen-bond donors (Lipinski definition) is 1. The van der Waals surface area contributed by atoms with Crippen molar-refractivity contribution in [3.05, 3.63) is 29.6 Å². The summed E-state index contributed by atoms with van der Waals surface area (Å²) in [7, 11) is 0. The van der Waals surface area contributed by atoms with Crippen LogP contribution < -0.4 is 0 Å². The van der Waals surface area contributed by atoms with Crippen LogP contribution in [0.3, 0.4) is 0 Å². The van der Waals surface area contributed by atoms with Gasteiger partial charge in [0.05, 0.1) is 6.42 Å². The van der Waals surface area contributed by atoms with Crippen molar-refractivity contribution in [1.29, 1.82) is 0 Å². The molecule has 2 aliphatic rings. The lowest BCUT2D eigenvalue weighted by Gasteiger charge is -2.15. The van der Waals surface area contributed by atoms with Crippen LogP contribution in [0.25, 0.3) is 0 Å². The first-order valence-corrected chi connectivity index (χ1v) is 7.69. The van der Waals surface area contributed by atoms with Crippen molar-refractivity contribution in [3.8, 4) is 0 Å². The molecule has 1 aromatic rings. The molecule has 0 aliphatic heterocycles. The monoisotopic (exact) mass is 280 g/mol. The lowest BCUT2D eigenvalue weighted by molar-refractivity contribution is -0.137. The second kappa shape index (κ2) is 5.16. The largest absolute Gasteiger partial charge is 0.481 e. The van der Waals surface area contributed by atoms with Crippen molar-refractivity contribution in [2.45, 2.75) is 48.2 Å². The van der Waals surface area contributed by atoms with E-state index in [4.69, 9.17) is 5.11 Å². The van der Waals surface area contributed by atoms with E-state index >= 15 is 0 Å². The molecule has 0 radical (unpaired) electrons. The van der Waals surface area contributed by atoms with Crippen LogP contribution in [0.4, 0.5) is 4.39 Å². The Morgan fingerprint density at radius 1 is 1.37 bits per heavy atom. The highest BCUT2D eigenvalue weighted by Crippen LogP contribution is 2.46. The average molecular weight is 280 g/mol. The molecule has 0 aromatic heterocycles. The highest BCUT2D eigenvalue weighted by Gasteiger charge is 2.34. The SMILES string of the molecule is O=C(O)CC(c1ccc(SC2CC2)c(F)c1)C1CC1. The molecule has 0 saturated heterocycles. The number of aliphatic carboxylic acids is 1. The van der Waals surface area contributed by atoms with Crippen molar-refractivity contribution in [1.82, 2.24) is 0 Å². The Labute approximate surface area is 116 Å². The molecule has 1 aromatic carbocycles. The van der Waals surface area contributed by atoms with Gasteiger partial charge in [-0.2, -0.15) is 0 Å². The van der Waals surface area contributed by atoms with Crippen LogP contribution >= 0.6 is 11.8 Å². The smallest absolute Gasteiger partial charge is 0.303 e. The Morgan fingerprint density at radius 2 is 2.11 bits per heavy atom. The van der Waals surface area contributed by atoms with E-state index < -0.39 is 5.97 Å². The maximum Gasteiger partial charge on any atom is 0.303 e. The standard InChI is InChI=1S/C15H17FO2S/c16-13-7-10(3-6-14(13)19-11-4-5-11)12(8-15(17)18)9-1-2-9/h3,6-7,9,11-12H,1-2,4-5,8H2,(H,17,18). The fourth-order valence-corrected chi connectivity index (χ4v) is 3.50. The Morgan fingerprint density at radius 3 is 2.63 bits per heavy atom. The molecule has 1 N–H and O–H groups in total. The van der Waals surface area contributed by atoms with Crippen LogP contribution in [0.15, 0.2) is 23.1 Å². The third kappa shape index (κ3) is 3.30. The fourth-order valence-electron chi connectivity index (χ4n) is 2.45. The molecule has 0 amide bonds. The molecule has 4 heteroatoms. The van der Waals surface area contributed by atoms with E-state index in [9.17, 15) is 9.18 Å². The molecule has 3 rings (SSSR count). The van der Waals surface area contributed by atoms with Gasteiger partial charge in [0.25, 0.3) is 0 Å². The number of halogens is 1. The predicted molar refractivity (Wildman–Crippen MR) is 73.0 cm³/mol. The van der Waals surface area contributed by atoms with E-state index in [1.165, 1.54) is 12.8 Å². The molecular formula is C15H17FO2S. The average Bonchev–Trinajstić information content (AvgIpc) is 3.23. The summed E-state index contributed by atoms with van der Waals surface area (Å²) >= 11 is 1.60. The van der Waals surface area contributed by atoms with Crippen LogP contribution in [-0.2, 0) is 4.79 Å². The van der Waals surface area contributed by atoms with Crippen molar-refractivity contribution in [2.75, 3.05) is 0 Å². The highest BCUT2D eigenvalue weighted by molar-refractivity contribution is 8.00. The second-order valence-electron chi connectivity index (χ2n) is 5.55. The molecule has 19 heavy (non-hydrogen) atoms. The van der Waals surface area contributed by atoms with Gasteiger partial charge in [-0.15, -0.1) is 11.8 Å². The van der Waals surface area contributed by atoms with Gasteiger partial charge in [0.1, 0.15) is 5.82 Å². The number of thioether (sulfide) groups is 1. The Kier molecular flexibility index (Phi) is 3.52. The summed E-state index contributed by atoms with van der Waals surface area (Å²) < 4.78 is 14.1. The number of rotatable bonds is 6. The predicted octanol–water partition coefficient (Wildman–Crippen LogP) is 4.05. The van der Waals surface area contributed by atoms with Gasteiger partial charge >= 0.3 is 5.97 Å². The second-order valence-corrected chi connectivity index (χ2v) is 6.89. The molecule has 0 heterocycles. The summed E-state index contributed by atoms with van der Waals surface area (Å²) in [6.45, 7) is 0. The molecule has 0 spiro atoms. The van der Waals surface area contributed by atoms with Crippen molar-refractivity contribution >= 4 is 17.7 Å². The van der Waals surface area contributed by atoms with Crippen LogP contribution in [-0.4, -0.2) is 16.3 Å². The zero-order valence-electron chi connectivity index (χ0n) is 10.6. The normalized spacial score (nSPS) is 20.3. The molecule has 1 atom stereocenters. The number of hydrogen-bond acceptors (Lipinski definition) is 2. The minimum Gasteiger partial charge on any atom is -0.481 e. The molecule has 1 unspecified atom stereocenters. The Hall–Kier alpha value is -1.03. The molecule has 2 fully saturated rings. The van der Waals surface area contributed by atoms with Gasteiger partial charge in [-0.25, -0.2) is 4.39 Å². The van der Waals surface area contributed by atoms with Crippen LogP contribution in [0.2, 0.25) is 0 Å². The topological polar surface area (TPSA) is 37.3 Å². The van der Waals surface area contributed by atoms with E-state index in [-0.39, 0.29) is 18.2 Å². The molecule has 102 valence electrons. The third-order valence-corrected chi connectivity index (χ3v) is 5.18. The van der Waals surface area contributed by atoms with Crippen molar-refractivity contribution in [3.63, 3.8) is 0 Å². The van der Waals surface area contributed by atoms with Crippen molar-refractivity contribution < 1.29 is 14.3 Å². The van der Waals surface area contributed by atoms with Gasteiger partial charge in [-0.3, -0.25) is 4.79 Å². The lowest BCUT2D eigenvalue weighted by atomic mass is 9.91. The fraction of sp³-hybridized carbons (Fsp3) is 0.533. The molecule has 2 nitrogen and oxygen atoms in total. The van der Waals surface area contributed by atoms with Gasteiger partial charge in [0.15, 0.2) is 0 Å². The van der Waals surface area contributed by atoms with E-state index in [0.717, 1.165) is 18.4 Å². The minimum atomic E-state index is -0.797. The zero-order valence-corrected chi connectivity index (χ0v) is 11.5. The van der Waals surface area contributed by atoms with Gasteiger partial charge in [-0.05, 0) is 55.2 Å². The summed E-state index contributed by atoms with van der Waals surface area (Å²) in [6.07, 6.45) is 4.60. The van der Waals surface area contributed by atoms with E-state index in [2.05, 4.69) is 0 Å². The van der Waals surface area contributed by atoms with Gasteiger partial charge in [0.2, 0.25) is 0 Å². The molecule has 2 saturated carbocycles. The number of benzene rings is 1. The van der Waals surface area contributed by atoms with Gasteiger partial charge < -0.3 is 5.11 Å². The summed E-state index contributed by atoms with van der Waals surface area (Å²) in [5, 5.41) is 9.56. The summed E-state index contributed by atoms with van der Waals surface area (Å²) in [5.41, 5.74) is 0.850. The highest BCUT2D eigenvalue weighted by atomic mass is 32.2. The number of carboxylic acids is 1. The van der Waals surface area contributed by atoms with Crippen molar-refractivity contribution in [2.24, 2.45) is 5.92 Å². The first kappa shape index (κ1) is 13.0. The van der Waals surface area contributed by atoms with Crippen LogP contribution in [0.1, 0.15) is 43.6 Å². The first-order valence-electron chi connectivity index (χ1n) is 6.81. The minimum absolute atomic E-state index is 0.0213. The Bertz CT molecular complexity index is 495. The zero-order chi connectivity index (χ0) is 13.4. The van der Waals surface area contributed by atoms with Crippen LogP contribution in [0.5, 0.6) is 0 Å². The molecular weight excluding hydrogens is 263 g/mol. The van der Waals surface area contributed by atoms with Gasteiger partial charge in [0, 0.05) is 10.1 Å². The van der Waals surface area contributed by atoms with Gasteiger partial charge in [-0.1, -0.05) is 6.07 Å². The molecule has 2 aliphatic carbocycles. The number of carboxylic acid groups (broad SMARTS) is 1. The molecule has 0 bridgehead atoms. The maximum absolute atomic E-state index is 14.1. The first-order chi connectivity index (χ1) is 9.13. The van der Waals surface area contributed by atoms with E-state index in [0.29, 0.717) is 16.1 Å². The third-order valence-electron chi connectivity index (χ3n) is 3.79. The van der Waals surface area contributed by atoms with E-state index in [1.807, 2.05) is 12.1 Å². The van der Waals surface area contributed by atoms with Crippen LogP contribution in [0, 0.1) is 11.7 Å². The summed E-state index contributed by atoms with van der Waals surface area (Å²) in [5.74, 6) is -0.580. The Balaban J connectivity index is 1.78. The quantitative estimate of drug-likeness (QED) is 0.854. The summed E-state index contributed by atoms with van der Waals surface area (Å²) in [6, 6.07) is 5.29. The number of carbonyl (C=O) groups is 1. The van der Waals surface area contributed by atoms with E-state index in [1.54, 1.807) is 17.8 Å². The lowest BCUT2D eigenvalue weighted by Crippen LogP contribution is -2.08. The summed E-state index contributed by atoms with van der Waals surface area (Å²) in [4.78, 5) is 11.6.